The van der Waals surface area contributed by atoms with Gasteiger partial charge in [0.05, 0.1) is 6.04 Å². The van der Waals surface area contributed by atoms with Crippen LogP contribution in [0.15, 0.2) is 24.3 Å². The number of carbonyl (C=O) groups is 2. The topological polar surface area (TPSA) is 56.4 Å². The van der Waals surface area contributed by atoms with E-state index in [1.807, 2.05) is 16.7 Å². The molecule has 4 rings (SSSR count). The minimum atomic E-state index is -0.326. The zero-order valence-electron chi connectivity index (χ0n) is 16.6. The molecule has 2 fully saturated rings. The van der Waals surface area contributed by atoms with Crippen LogP contribution in [0.5, 0.6) is 0 Å². The van der Waals surface area contributed by atoms with Crippen molar-refractivity contribution in [2.45, 2.75) is 64.0 Å². The molecule has 1 spiro atoms. The molecule has 2 heterocycles. The summed E-state index contributed by atoms with van der Waals surface area (Å²) >= 11 is 0. The lowest BCUT2D eigenvalue weighted by molar-refractivity contribution is -0.134. The first-order chi connectivity index (χ1) is 13.4. The summed E-state index contributed by atoms with van der Waals surface area (Å²) in [5, 5.41) is 0.821. The van der Waals surface area contributed by atoms with Gasteiger partial charge in [0.25, 0.3) is 5.91 Å². The predicted octanol–water partition coefficient (Wildman–Crippen LogP) is 4.09. The molecule has 5 nitrogen and oxygen atoms in total. The molecule has 2 aromatic rings. The molecule has 0 radical (unpaired) electrons. The van der Waals surface area contributed by atoms with E-state index in [1.54, 1.807) is 19.1 Å². The monoisotopic (exact) mass is 385 g/mol. The molecule has 2 amide bonds. The first-order valence-corrected chi connectivity index (χ1v) is 10.3. The number of nitrogens with one attached hydrogen (secondary N) is 1. The smallest absolute Gasteiger partial charge is 0.270 e. The Hall–Kier alpha value is -2.37. The van der Waals surface area contributed by atoms with Gasteiger partial charge in [-0.05, 0) is 50.5 Å². The van der Waals surface area contributed by atoms with Crippen LogP contribution in [0, 0.1) is 5.82 Å². The maximum atomic E-state index is 13.5. The maximum Gasteiger partial charge on any atom is 0.270 e. The van der Waals surface area contributed by atoms with Gasteiger partial charge in [0.1, 0.15) is 11.5 Å². The van der Waals surface area contributed by atoms with Crippen LogP contribution in [0.4, 0.5) is 4.39 Å². The Morgan fingerprint density at radius 2 is 2.00 bits per heavy atom. The van der Waals surface area contributed by atoms with Gasteiger partial charge in [0.15, 0.2) is 0 Å². The molecule has 6 heteroatoms. The Balaban J connectivity index is 1.60. The van der Waals surface area contributed by atoms with E-state index >= 15 is 0 Å². The van der Waals surface area contributed by atoms with Crippen LogP contribution in [0.2, 0.25) is 0 Å². The molecule has 28 heavy (non-hydrogen) atoms. The Morgan fingerprint density at radius 3 is 2.68 bits per heavy atom. The van der Waals surface area contributed by atoms with Crippen molar-refractivity contribution >= 4 is 22.7 Å². The molecular weight excluding hydrogens is 357 g/mol. The van der Waals surface area contributed by atoms with E-state index in [9.17, 15) is 14.0 Å². The molecule has 150 valence electrons. The number of carbonyl (C=O) groups excluding carboxylic acids is 2. The molecule has 0 bridgehead atoms. The van der Waals surface area contributed by atoms with Crippen molar-refractivity contribution in [1.82, 2.24) is 14.8 Å². The summed E-state index contributed by atoms with van der Waals surface area (Å²) in [4.78, 5) is 32.6. The average molecular weight is 385 g/mol. The van der Waals surface area contributed by atoms with Crippen LogP contribution in [0.25, 0.3) is 10.9 Å². The van der Waals surface area contributed by atoms with E-state index in [2.05, 4.69) is 4.98 Å². The molecular formula is C22H28FN3O2. The van der Waals surface area contributed by atoms with Crippen LogP contribution in [0.1, 0.15) is 62.9 Å². The van der Waals surface area contributed by atoms with Crippen molar-refractivity contribution in [3.05, 3.63) is 35.8 Å². The number of likely N-dealkylation sites (tertiary alicyclic amines) is 1. The number of hydrogen-bond acceptors (Lipinski definition) is 2. The fourth-order valence-corrected chi connectivity index (χ4v) is 5.31. The number of hydrogen-bond donors (Lipinski definition) is 1. The summed E-state index contributed by atoms with van der Waals surface area (Å²) in [6, 6.07) is 6.29. The second-order valence-electron chi connectivity index (χ2n) is 8.28. The number of amides is 2. The molecule has 1 aliphatic carbocycles. The molecule has 1 saturated carbocycles. The van der Waals surface area contributed by atoms with Crippen molar-refractivity contribution in [3.8, 4) is 0 Å². The number of halogens is 1. The summed E-state index contributed by atoms with van der Waals surface area (Å²) in [6.45, 7) is 4.80. The highest BCUT2D eigenvalue weighted by molar-refractivity contribution is 5.98. The quantitative estimate of drug-likeness (QED) is 0.865. The molecule has 1 atom stereocenters. The lowest BCUT2D eigenvalue weighted by Crippen LogP contribution is -2.47. The second kappa shape index (κ2) is 7.22. The number of nitrogens with zero attached hydrogens (tertiary/aromatic N) is 2. The summed E-state index contributed by atoms with van der Waals surface area (Å²) in [7, 11) is 0. The zero-order valence-corrected chi connectivity index (χ0v) is 16.6. The van der Waals surface area contributed by atoms with Crippen LogP contribution in [0.3, 0.4) is 0 Å². The van der Waals surface area contributed by atoms with Gasteiger partial charge in [-0.15, -0.1) is 0 Å². The van der Waals surface area contributed by atoms with E-state index in [4.69, 9.17) is 0 Å². The van der Waals surface area contributed by atoms with Crippen LogP contribution in [-0.4, -0.2) is 51.3 Å². The number of rotatable bonds is 3. The Labute approximate surface area is 164 Å². The lowest BCUT2D eigenvalue weighted by atomic mass is 9.79. The van der Waals surface area contributed by atoms with Gasteiger partial charge in [-0.2, -0.15) is 0 Å². The highest BCUT2D eigenvalue weighted by Gasteiger charge is 2.49. The third-order valence-electron chi connectivity index (χ3n) is 6.60. The van der Waals surface area contributed by atoms with E-state index in [1.165, 1.54) is 18.6 Å². The Morgan fingerprint density at radius 1 is 1.25 bits per heavy atom. The minimum Gasteiger partial charge on any atom is -0.350 e. The van der Waals surface area contributed by atoms with Crippen molar-refractivity contribution in [2.75, 3.05) is 13.1 Å². The van der Waals surface area contributed by atoms with Crippen molar-refractivity contribution in [1.29, 1.82) is 0 Å². The number of fused-ring (bicyclic) bond motifs is 1. The third kappa shape index (κ3) is 3.19. The highest BCUT2D eigenvalue weighted by Crippen LogP contribution is 2.43. The van der Waals surface area contributed by atoms with Gasteiger partial charge < -0.3 is 14.8 Å². The van der Waals surface area contributed by atoms with Gasteiger partial charge in [-0.3, -0.25) is 9.59 Å². The number of H-pyrrole nitrogens is 1. The van der Waals surface area contributed by atoms with E-state index < -0.39 is 0 Å². The predicted molar refractivity (Wildman–Crippen MR) is 107 cm³/mol. The van der Waals surface area contributed by atoms with Gasteiger partial charge in [0, 0.05) is 36.5 Å². The lowest BCUT2D eigenvalue weighted by Gasteiger charge is -2.41. The SMILES string of the molecule is CCN(C(=O)c1cc2ccc(F)cc2[nH]1)[C@@H]1CN(C(C)=O)C2(CCCCC2)C1. The van der Waals surface area contributed by atoms with Gasteiger partial charge in [0.2, 0.25) is 5.91 Å². The molecule has 1 aliphatic heterocycles. The zero-order chi connectivity index (χ0) is 19.9. The molecule has 1 aromatic carbocycles. The van der Waals surface area contributed by atoms with Crippen molar-refractivity contribution < 1.29 is 14.0 Å². The summed E-state index contributed by atoms with van der Waals surface area (Å²) in [5.41, 5.74) is 1.01. The first kappa shape index (κ1) is 19.0. The van der Waals surface area contributed by atoms with Crippen molar-refractivity contribution in [3.63, 3.8) is 0 Å². The summed E-state index contributed by atoms with van der Waals surface area (Å²) < 4.78 is 13.5. The fraction of sp³-hybridized carbons (Fsp3) is 0.545. The van der Waals surface area contributed by atoms with E-state index in [0.29, 0.717) is 24.3 Å². The number of likely N-dealkylation sites (N-methyl/N-ethyl adjacent to an activating group) is 1. The van der Waals surface area contributed by atoms with Gasteiger partial charge in [-0.25, -0.2) is 4.39 Å². The summed E-state index contributed by atoms with van der Waals surface area (Å²) in [6.07, 6.45) is 6.41. The number of aromatic nitrogens is 1. The molecule has 2 aliphatic rings. The van der Waals surface area contributed by atoms with Gasteiger partial charge in [-0.1, -0.05) is 19.3 Å². The van der Waals surface area contributed by atoms with Gasteiger partial charge >= 0.3 is 0 Å². The van der Waals surface area contributed by atoms with Crippen molar-refractivity contribution in [2.24, 2.45) is 0 Å². The Bertz CT molecular complexity index is 900. The molecule has 1 N–H and O–H groups in total. The molecule has 0 unspecified atom stereocenters. The largest absolute Gasteiger partial charge is 0.350 e. The summed E-state index contributed by atoms with van der Waals surface area (Å²) in [5.74, 6) is -0.303. The Kier molecular flexibility index (Phi) is 4.89. The standard InChI is InChI=1S/C22H28FN3O2/c1-3-25(21(28)20-11-16-7-8-17(23)12-19(16)24-20)18-13-22(9-5-4-6-10-22)26(14-18)15(2)27/h7-8,11-12,18,24H,3-6,9-10,13-14H2,1-2H3/t18-/m0/s1. The van der Waals surface area contributed by atoms with E-state index in [0.717, 1.165) is 37.5 Å². The number of benzene rings is 1. The second-order valence-corrected chi connectivity index (χ2v) is 8.28. The van der Waals surface area contributed by atoms with Crippen LogP contribution < -0.4 is 0 Å². The average Bonchev–Trinajstić information content (AvgIpc) is 3.24. The van der Waals surface area contributed by atoms with E-state index in [-0.39, 0.29) is 29.2 Å². The maximum absolute atomic E-state index is 13.5. The molecule has 1 saturated heterocycles. The highest BCUT2D eigenvalue weighted by atomic mass is 19.1. The first-order valence-electron chi connectivity index (χ1n) is 10.3. The fourth-order valence-electron chi connectivity index (χ4n) is 5.31. The normalized spacial score (nSPS) is 21.4. The van der Waals surface area contributed by atoms with Crippen LogP contribution >= 0.6 is 0 Å². The minimum absolute atomic E-state index is 0.0163. The van der Waals surface area contributed by atoms with Crippen LogP contribution in [-0.2, 0) is 4.79 Å². The molecule has 1 aromatic heterocycles. The third-order valence-corrected chi connectivity index (χ3v) is 6.60. The number of aromatic amines is 1.